The number of nitrogens with one attached hydrogen (secondary N) is 1. The summed E-state index contributed by atoms with van der Waals surface area (Å²) in [6.07, 6.45) is 3.48. The summed E-state index contributed by atoms with van der Waals surface area (Å²) in [5.41, 5.74) is 1.09. The third-order valence-electron chi connectivity index (χ3n) is 3.75. The lowest BCUT2D eigenvalue weighted by atomic mass is 10.1. The molecule has 1 amide bonds. The van der Waals surface area contributed by atoms with Gasteiger partial charge < -0.3 is 5.11 Å². The van der Waals surface area contributed by atoms with Crippen LogP contribution in [-0.4, -0.2) is 16.0 Å². The molecule has 2 aromatic carbocycles. The van der Waals surface area contributed by atoms with Crippen molar-refractivity contribution in [2.45, 2.75) is 6.42 Å². The molecule has 0 saturated heterocycles. The molecule has 28 heavy (non-hydrogen) atoms. The van der Waals surface area contributed by atoms with Crippen molar-refractivity contribution in [1.82, 2.24) is 4.98 Å². The van der Waals surface area contributed by atoms with E-state index in [1.807, 2.05) is 6.07 Å². The smallest absolute Gasteiger partial charge is 0.268 e. The number of hydrogen-bond acceptors (Lipinski definition) is 5. The van der Waals surface area contributed by atoms with E-state index in [4.69, 9.17) is 23.2 Å². The van der Waals surface area contributed by atoms with Crippen molar-refractivity contribution in [1.29, 1.82) is 5.26 Å². The normalized spacial score (nSPS) is 11.1. The molecule has 0 spiro atoms. The Balaban J connectivity index is 1.73. The number of amides is 1. The first-order valence-electron chi connectivity index (χ1n) is 8.06. The number of benzene rings is 2. The van der Waals surface area contributed by atoms with E-state index in [2.05, 4.69) is 10.3 Å². The maximum Gasteiger partial charge on any atom is 0.268 e. The number of aromatic nitrogens is 1. The maximum atomic E-state index is 12.4. The summed E-state index contributed by atoms with van der Waals surface area (Å²) in [7, 11) is 0. The van der Waals surface area contributed by atoms with Gasteiger partial charge in [-0.1, -0.05) is 41.4 Å². The number of nitrogens with zero attached hydrogens (tertiary/aromatic N) is 2. The Kier molecular flexibility index (Phi) is 6.32. The third kappa shape index (κ3) is 4.90. The second-order valence-corrected chi connectivity index (χ2v) is 7.69. The first kappa shape index (κ1) is 19.9. The zero-order chi connectivity index (χ0) is 20.1. The van der Waals surface area contributed by atoms with Crippen LogP contribution in [0.3, 0.4) is 0 Å². The van der Waals surface area contributed by atoms with Crippen LogP contribution in [0.4, 0.5) is 5.13 Å². The van der Waals surface area contributed by atoms with Crippen molar-refractivity contribution in [2.75, 3.05) is 5.32 Å². The summed E-state index contributed by atoms with van der Waals surface area (Å²) in [5, 5.41) is 23.2. The first-order chi connectivity index (χ1) is 13.5. The molecule has 0 aliphatic rings. The average molecular weight is 430 g/mol. The number of thiazole rings is 1. The van der Waals surface area contributed by atoms with E-state index < -0.39 is 5.91 Å². The number of anilines is 1. The molecule has 1 aromatic heterocycles. The number of halogens is 2. The van der Waals surface area contributed by atoms with E-state index in [0.29, 0.717) is 27.2 Å². The monoisotopic (exact) mass is 429 g/mol. The molecule has 0 unspecified atom stereocenters. The van der Waals surface area contributed by atoms with Gasteiger partial charge >= 0.3 is 0 Å². The van der Waals surface area contributed by atoms with Gasteiger partial charge in [-0.25, -0.2) is 4.98 Å². The van der Waals surface area contributed by atoms with Crippen molar-refractivity contribution in [3.63, 3.8) is 0 Å². The van der Waals surface area contributed by atoms with Gasteiger partial charge in [0.1, 0.15) is 17.4 Å². The fraction of sp³-hybridized carbons (Fsp3) is 0.0500. The number of para-hydroxylation sites is 1. The SMILES string of the molecule is N#C/C(=C\c1ccccc1O)C(=O)Nc1ncc(Cc2cc(Cl)ccc2Cl)s1. The molecule has 140 valence electrons. The van der Waals surface area contributed by atoms with Gasteiger partial charge in [-0.3, -0.25) is 10.1 Å². The lowest BCUT2D eigenvalue weighted by Gasteiger charge is -2.03. The number of rotatable bonds is 5. The number of phenols is 1. The number of carbonyl (C=O) groups excluding carboxylic acids is 1. The molecule has 3 rings (SSSR count). The topological polar surface area (TPSA) is 86.0 Å². The molecule has 8 heteroatoms. The predicted molar refractivity (Wildman–Crippen MR) is 112 cm³/mol. The minimum Gasteiger partial charge on any atom is -0.507 e. The molecule has 0 aliphatic carbocycles. The molecule has 1 heterocycles. The van der Waals surface area contributed by atoms with E-state index >= 15 is 0 Å². The number of hydrogen-bond donors (Lipinski definition) is 2. The van der Waals surface area contributed by atoms with Gasteiger partial charge in [0.05, 0.1) is 0 Å². The Morgan fingerprint density at radius 1 is 1.29 bits per heavy atom. The van der Waals surface area contributed by atoms with E-state index in [0.717, 1.165) is 10.4 Å². The van der Waals surface area contributed by atoms with Crippen molar-refractivity contribution >= 4 is 51.7 Å². The van der Waals surface area contributed by atoms with Crippen molar-refractivity contribution in [2.24, 2.45) is 0 Å². The minimum atomic E-state index is -0.604. The third-order valence-corrected chi connectivity index (χ3v) is 5.26. The largest absolute Gasteiger partial charge is 0.507 e. The Morgan fingerprint density at radius 2 is 2.07 bits per heavy atom. The van der Waals surface area contributed by atoms with Crippen LogP contribution in [-0.2, 0) is 11.2 Å². The number of carbonyl (C=O) groups is 1. The number of phenolic OH excluding ortho intramolecular Hbond substituents is 1. The maximum absolute atomic E-state index is 12.4. The lowest BCUT2D eigenvalue weighted by molar-refractivity contribution is -0.112. The predicted octanol–water partition coefficient (Wildman–Crippen LogP) is 5.29. The molecular formula is C20H13Cl2N3O2S. The van der Waals surface area contributed by atoms with Gasteiger partial charge in [0.15, 0.2) is 5.13 Å². The molecule has 0 fully saturated rings. The van der Waals surface area contributed by atoms with E-state index in [1.165, 1.54) is 23.5 Å². The summed E-state index contributed by atoms with van der Waals surface area (Å²) >= 11 is 13.5. The van der Waals surface area contributed by atoms with Crippen molar-refractivity contribution in [3.8, 4) is 11.8 Å². The summed E-state index contributed by atoms with van der Waals surface area (Å²) in [6, 6.07) is 13.5. The van der Waals surface area contributed by atoms with Gasteiger partial charge in [-0.15, -0.1) is 11.3 Å². The number of aromatic hydroxyl groups is 1. The van der Waals surface area contributed by atoms with Gasteiger partial charge in [-0.05, 0) is 35.9 Å². The highest BCUT2D eigenvalue weighted by Crippen LogP contribution is 2.27. The highest BCUT2D eigenvalue weighted by Gasteiger charge is 2.13. The van der Waals surface area contributed by atoms with Crippen LogP contribution in [0.1, 0.15) is 16.0 Å². The lowest BCUT2D eigenvalue weighted by Crippen LogP contribution is -2.13. The second kappa shape index (κ2) is 8.89. The van der Waals surface area contributed by atoms with Crippen LogP contribution in [0.2, 0.25) is 10.0 Å². The highest BCUT2D eigenvalue weighted by molar-refractivity contribution is 7.15. The fourth-order valence-electron chi connectivity index (χ4n) is 2.39. The highest BCUT2D eigenvalue weighted by atomic mass is 35.5. The summed E-state index contributed by atoms with van der Waals surface area (Å²) in [6.45, 7) is 0. The Bertz CT molecular complexity index is 1100. The molecule has 0 saturated carbocycles. The quantitative estimate of drug-likeness (QED) is 0.425. The van der Waals surface area contributed by atoms with Crippen LogP contribution in [0.15, 0.2) is 54.2 Å². The minimum absolute atomic E-state index is 0.0158. The molecule has 3 aromatic rings. The van der Waals surface area contributed by atoms with Crippen LogP contribution in [0, 0.1) is 11.3 Å². The Morgan fingerprint density at radius 3 is 2.82 bits per heavy atom. The van der Waals surface area contributed by atoms with Gasteiger partial charge in [0.25, 0.3) is 5.91 Å². The first-order valence-corrected chi connectivity index (χ1v) is 9.63. The summed E-state index contributed by atoms with van der Waals surface area (Å²) in [5.74, 6) is -0.620. The summed E-state index contributed by atoms with van der Waals surface area (Å²) < 4.78 is 0. The molecule has 0 atom stereocenters. The van der Waals surface area contributed by atoms with Crippen LogP contribution >= 0.6 is 34.5 Å². The van der Waals surface area contributed by atoms with Gasteiger partial charge in [0.2, 0.25) is 0 Å². The number of nitriles is 1. The van der Waals surface area contributed by atoms with Crippen molar-refractivity contribution in [3.05, 3.63) is 80.3 Å². The van der Waals surface area contributed by atoms with Gasteiger partial charge in [-0.2, -0.15) is 5.26 Å². The zero-order valence-electron chi connectivity index (χ0n) is 14.3. The molecule has 0 radical (unpaired) electrons. The van der Waals surface area contributed by atoms with Crippen LogP contribution < -0.4 is 5.32 Å². The van der Waals surface area contributed by atoms with E-state index in [9.17, 15) is 15.2 Å². The average Bonchev–Trinajstić information content (AvgIpc) is 3.10. The Labute approximate surface area is 175 Å². The van der Waals surface area contributed by atoms with Gasteiger partial charge in [0, 0.05) is 33.1 Å². The van der Waals surface area contributed by atoms with E-state index in [-0.39, 0.29) is 11.3 Å². The standard InChI is InChI=1S/C20H13Cl2N3O2S/c21-15-5-6-17(22)13(8-15)9-16-11-24-20(28-16)25-19(27)14(10-23)7-12-3-1-2-4-18(12)26/h1-8,11,26H,9H2,(H,24,25,27)/b14-7+. The molecule has 5 nitrogen and oxygen atoms in total. The molecular weight excluding hydrogens is 417 g/mol. The fourth-order valence-corrected chi connectivity index (χ4v) is 3.60. The summed E-state index contributed by atoms with van der Waals surface area (Å²) in [4.78, 5) is 17.4. The molecule has 0 aliphatic heterocycles. The Hall–Kier alpha value is -2.85. The van der Waals surface area contributed by atoms with Crippen LogP contribution in [0.25, 0.3) is 6.08 Å². The van der Waals surface area contributed by atoms with Crippen molar-refractivity contribution < 1.29 is 9.90 Å². The zero-order valence-corrected chi connectivity index (χ0v) is 16.6. The molecule has 0 bridgehead atoms. The second-order valence-electron chi connectivity index (χ2n) is 5.73. The van der Waals surface area contributed by atoms with Crippen LogP contribution in [0.5, 0.6) is 5.75 Å². The van der Waals surface area contributed by atoms with E-state index in [1.54, 1.807) is 42.6 Å². The molecule has 2 N–H and O–H groups in total.